The van der Waals surface area contributed by atoms with Gasteiger partial charge in [0.2, 0.25) is 11.8 Å². The molecule has 3 aromatic rings. The first-order valence-corrected chi connectivity index (χ1v) is 7.11. The second-order valence-corrected chi connectivity index (χ2v) is 4.88. The molecule has 2 N–H and O–H groups in total. The summed E-state index contributed by atoms with van der Waals surface area (Å²) in [6.07, 6.45) is 1.12. The summed E-state index contributed by atoms with van der Waals surface area (Å²) in [6, 6.07) is 7.54. The highest BCUT2D eigenvalue weighted by Gasteiger charge is 2.29. The molecule has 8 heteroatoms. The lowest BCUT2D eigenvalue weighted by molar-refractivity contribution is -0.213. The molecule has 2 aromatic heterocycles. The fourth-order valence-corrected chi connectivity index (χ4v) is 2.41. The van der Waals surface area contributed by atoms with Crippen molar-refractivity contribution in [1.29, 1.82) is 0 Å². The summed E-state index contributed by atoms with van der Waals surface area (Å²) in [7, 11) is 0. The number of rotatable bonds is 3. The number of benzene rings is 1. The van der Waals surface area contributed by atoms with E-state index in [4.69, 9.17) is 20.2 Å². The van der Waals surface area contributed by atoms with Crippen LogP contribution in [0.2, 0.25) is 0 Å². The molecule has 0 saturated heterocycles. The highest BCUT2D eigenvalue weighted by molar-refractivity contribution is 5.76. The van der Waals surface area contributed by atoms with Gasteiger partial charge in [0.1, 0.15) is 0 Å². The molecular formula is C15H13N5O3. The number of nitrogens with zero attached hydrogens (tertiary/aromatic N) is 4. The van der Waals surface area contributed by atoms with Crippen molar-refractivity contribution >= 4 is 17.1 Å². The van der Waals surface area contributed by atoms with E-state index < -0.39 is 6.10 Å². The third-order valence-electron chi connectivity index (χ3n) is 3.40. The summed E-state index contributed by atoms with van der Waals surface area (Å²) < 4.78 is 5.48. The Morgan fingerprint density at radius 2 is 2.09 bits per heavy atom. The molecule has 1 aliphatic heterocycles. The predicted octanol–water partition coefficient (Wildman–Crippen LogP) is 1.81. The highest BCUT2D eigenvalue weighted by atomic mass is 17.2. The lowest BCUT2D eigenvalue weighted by Crippen LogP contribution is -2.07. The average Bonchev–Trinajstić information content (AvgIpc) is 2.99. The molecule has 1 atom stereocenters. The van der Waals surface area contributed by atoms with Gasteiger partial charge in [0.05, 0.1) is 18.5 Å². The van der Waals surface area contributed by atoms with Crippen LogP contribution in [0.15, 0.2) is 30.5 Å². The van der Waals surface area contributed by atoms with Crippen molar-refractivity contribution < 1.29 is 14.5 Å². The highest BCUT2D eigenvalue weighted by Crippen LogP contribution is 2.38. The van der Waals surface area contributed by atoms with Crippen LogP contribution in [-0.4, -0.2) is 26.5 Å². The van der Waals surface area contributed by atoms with Gasteiger partial charge in [-0.2, -0.15) is 14.9 Å². The minimum absolute atomic E-state index is 0.0915. The molecule has 3 heterocycles. The van der Waals surface area contributed by atoms with Crippen LogP contribution in [0.5, 0.6) is 11.6 Å². The first-order valence-electron chi connectivity index (χ1n) is 7.11. The van der Waals surface area contributed by atoms with Gasteiger partial charge in [0.15, 0.2) is 23.0 Å². The van der Waals surface area contributed by atoms with Crippen LogP contribution in [0, 0.1) is 0 Å². The van der Waals surface area contributed by atoms with Gasteiger partial charge in [-0.05, 0) is 13.0 Å². The summed E-state index contributed by atoms with van der Waals surface area (Å²) in [4.78, 5) is 27.6. The third-order valence-corrected chi connectivity index (χ3v) is 3.40. The first kappa shape index (κ1) is 13.6. The van der Waals surface area contributed by atoms with Crippen LogP contribution in [0.25, 0.3) is 11.2 Å². The quantitative estimate of drug-likeness (QED) is 0.730. The van der Waals surface area contributed by atoms with Crippen molar-refractivity contribution in [3.63, 3.8) is 0 Å². The van der Waals surface area contributed by atoms with Crippen molar-refractivity contribution in [2.24, 2.45) is 0 Å². The number of anilines is 1. The van der Waals surface area contributed by atoms with Crippen molar-refractivity contribution in [1.82, 2.24) is 19.9 Å². The zero-order valence-corrected chi connectivity index (χ0v) is 12.3. The van der Waals surface area contributed by atoms with Crippen molar-refractivity contribution in [2.75, 3.05) is 12.3 Å². The van der Waals surface area contributed by atoms with E-state index >= 15 is 0 Å². The largest absolute Gasteiger partial charge is 0.476 e. The fourth-order valence-electron chi connectivity index (χ4n) is 2.41. The number of hydrogen-bond donors (Lipinski definition) is 1. The molecule has 0 bridgehead atoms. The van der Waals surface area contributed by atoms with Crippen LogP contribution in [0.3, 0.4) is 0 Å². The number of para-hydroxylation sites is 1. The molecule has 1 aromatic carbocycles. The molecule has 1 unspecified atom stereocenters. The van der Waals surface area contributed by atoms with E-state index in [1.165, 1.54) is 0 Å². The first-order chi connectivity index (χ1) is 11.3. The van der Waals surface area contributed by atoms with Gasteiger partial charge < -0.3 is 15.4 Å². The number of aromatic nitrogens is 4. The van der Waals surface area contributed by atoms with Gasteiger partial charge in [-0.25, -0.2) is 9.97 Å². The van der Waals surface area contributed by atoms with E-state index in [2.05, 4.69) is 19.9 Å². The summed E-state index contributed by atoms with van der Waals surface area (Å²) >= 11 is 0. The van der Waals surface area contributed by atoms with E-state index in [0.717, 1.165) is 5.56 Å². The Labute approximate surface area is 131 Å². The molecule has 0 saturated carbocycles. The van der Waals surface area contributed by atoms with E-state index in [9.17, 15) is 0 Å². The molecule has 0 amide bonds. The SMILES string of the molecule is CCOc1nc(N)nc2ncc(C3OOc4ccccc43)nc12. The monoisotopic (exact) mass is 311 g/mol. The molecule has 0 aliphatic carbocycles. The molecule has 0 spiro atoms. The lowest BCUT2D eigenvalue weighted by atomic mass is 10.1. The number of fused-ring (bicyclic) bond motifs is 2. The van der Waals surface area contributed by atoms with Gasteiger partial charge >= 0.3 is 0 Å². The van der Waals surface area contributed by atoms with Crippen LogP contribution in [0.4, 0.5) is 5.95 Å². The normalized spacial score (nSPS) is 16.1. The van der Waals surface area contributed by atoms with Gasteiger partial charge in [-0.15, -0.1) is 0 Å². The van der Waals surface area contributed by atoms with E-state index in [-0.39, 0.29) is 5.95 Å². The molecule has 0 radical (unpaired) electrons. The second kappa shape index (κ2) is 5.33. The van der Waals surface area contributed by atoms with Gasteiger partial charge in [0.25, 0.3) is 0 Å². The third kappa shape index (κ3) is 2.29. The van der Waals surface area contributed by atoms with Crippen molar-refractivity contribution in [3.05, 3.63) is 41.7 Å². The molecule has 4 rings (SSSR count). The molecule has 1 aliphatic rings. The maximum Gasteiger partial charge on any atom is 0.247 e. The second-order valence-electron chi connectivity index (χ2n) is 4.88. The van der Waals surface area contributed by atoms with Crippen molar-refractivity contribution in [2.45, 2.75) is 13.0 Å². The van der Waals surface area contributed by atoms with Crippen LogP contribution in [0.1, 0.15) is 24.3 Å². The summed E-state index contributed by atoms with van der Waals surface area (Å²) in [5, 5.41) is 0. The summed E-state index contributed by atoms with van der Waals surface area (Å²) in [5.41, 5.74) is 7.94. The van der Waals surface area contributed by atoms with Gasteiger partial charge in [-0.1, -0.05) is 18.2 Å². The number of nitrogen functional groups attached to an aromatic ring is 1. The van der Waals surface area contributed by atoms with Crippen molar-refractivity contribution in [3.8, 4) is 11.6 Å². The molecule has 8 nitrogen and oxygen atoms in total. The maximum absolute atomic E-state index is 5.66. The minimum atomic E-state index is -0.463. The number of hydrogen-bond acceptors (Lipinski definition) is 8. The Morgan fingerprint density at radius 1 is 1.22 bits per heavy atom. The Hall–Kier alpha value is -3.00. The van der Waals surface area contributed by atoms with Gasteiger partial charge in [0, 0.05) is 5.56 Å². The number of nitrogens with two attached hydrogens (primary N) is 1. The van der Waals surface area contributed by atoms with Crippen LogP contribution < -0.4 is 15.4 Å². The zero-order chi connectivity index (χ0) is 15.8. The fraction of sp³-hybridized carbons (Fsp3) is 0.200. The average molecular weight is 311 g/mol. The smallest absolute Gasteiger partial charge is 0.247 e. The molecular weight excluding hydrogens is 298 g/mol. The Morgan fingerprint density at radius 3 is 2.96 bits per heavy atom. The Bertz CT molecular complexity index is 886. The summed E-state index contributed by atoms with van der Waals surface area (Å²) in [6.45, 7) is 2.29. The molecule has 0 fully saturated rings. The maximum atomic E-state index is 5.66. The zero-order valence-electron chi connectivity index (χ0n) is 12.3. The Kier molecular flexibility index (Phi) is 3.16. The van der Waals surface area contributed by atoms with Gasteiger partial charge in [-0.3, -0.25) is 0 Å². The minimum Gasteiger partial charge on any atom is -0.476 e. The molecule has 116 valence electrons. The predicted molar refractivity (Wildman–Crippen MR) is 80.7 cm³/mol. The lowest BCUT2D eigenvalue weighted by Gasteiger charge is -2.10. The number of ether oxygens (including phenoxy) is 1. The van der Waals surface area contributed by atoms with E-state index in [1.54, 1.807) is 6.20 Å². The van der Waals surface area contributed by atoms with Crippen LogP contribution in [-0.2, 0) is 4.89 Å². The standard InChI is InChI=1S/C15H13N5O3/c1-2-21-14-11-13(19-15(16)20-14)17-7-9(18-11)12-8-5-3-4-6-10(8)22-23-12/h3-7,12H,2H2,1H3,(H2,16,17,19,20). The molecule has 23 heavy (non-hydrogen) atoms. The van der Waals surface area contributed by atoms with Crippen LogP contribution >= 0.6 is 0 Å². The summed E-state index contributed by atoms with van der Waals surface area (Å²) in [5.74, 6) is 1.06. The van der Waals surface area contributed by atoms with E-state index in [0.29, 0.717) is 35.1 Å². The van der Waals surface area contributed by atoms with E-state index in [1.807, 2.05) is 31.2 Å². The Balaban J connectivity index is 1.83. The topological polar surface area (TPSA) is 105 Å².